The van der Waals surface area contributed by atoms with Crippen LogP contribution in [0.15, 0.2) is 54.6 Å². The van der Waals surface area contributed by atoms with Crippen molar-refractivity contribution in [1.29, 1.82) is 0 Å². The molecule has 24 heavy (non-hydrogen) atoms. The van der Waals surface area contributed by atoms with Crippen LogP contribution in [0.1, 0.15) is 31.9 Å². The molecular weight excluding hydrogens is 326 g/mol. The Kier molecular flexibility index (Phi) is 6.23. The van der Waals surface area contributed by atoms with Gasteiger partial charge in [-0.25, -0.2) is 4.79 Å². The van der Waals surface area contributed by atoms with Crippen LogP contribution in [-0.4, -0.2) is 23.3 Å². The molecule has 2 unspecified atom stereocenters. The minimum atomic E-state index is -1.59. The highest BCUT2D eigenvalue weighted by molar-refractivity contribution is 6.30. The summed E-state index contributed by atoms with van der Waals surface area (Å²) in [6, 6.07) is 16.7. The van der Waals surface area contributed by atoms with E-state index in [2.05, 4.69) is 5.32 Å². The van der Waals surface area contributed by atoms with Crippen LogP contribution in [0.25, 0.3) is 0 Å². The molecule has 0 spiro atoms. The highest BCUT2D eigenvalue weighted by Crippen LogP contribution is 2.29. The lowest BCUT2D eigenvalue weighted by atomic mass is 9.92. The Bertz CT molecular complexity index is 656. The summed E-state index contributed by atoms with van der Waals surface area (Å²) >= 11 is 5.92. The van der Waals surface area contributed by atoms with Gasteiger partial charge in [-0.05, 0) is 43.7 Å². The van der Waals surface area contributed by atoms with Gasteiger partial charge >= 0.3 is 5.97 Å². The van der Waals surface area contributed by atoms with Crippen molar-refractivity contribution >= 4 is 23.3 Å². The number of aliphatic hydroxyl groups is 1. The molecule has 2 rings (SSSR count). The lowest BCUT2D eigenvalue weighted by Gasteiger charge is -2.28. The maximum Gasteiger partial charge on any atom is 0.337 e. The van der Waals surface area contributed by atoms with Gasteiger partial charge in [0.2, 0.25) is 0 Å². The van der Waals surface area contributed by atoms with Crippen molar-refractivity contribution in [2.24, 2.45) is 0 Å². The topological polar surface area (TPSA) is 58.6 Å². The Morgan fingerprint density at radius 3 is 2.42 bits per heavy atom. The van der Waals surface area contributed by atoms with Gasteiger partial charge in [-0.2, -0.15) is 0 Å². The molecule has 0 saturated heterocycles. The first-order chi connectivity index (χ1) is 11.4. The molecule has 0 bridgehead atoms. The fraction of sp³-hybridized carbons (Fsp3) is 0.316. The Morgan fingerprint density at radius 1 is 1.21 bits per heavy atom. The number of nitrogens with one attached hydrogen (secondary N) is 1. The van der Waals surface area contributed by atoms with E-state index in [0.717, 1.165) is 11.3 Å². The second-order valence-electron chi connectivity index (χ2n) is 5.81. The molecule has 0 aliphatic rings. The summed E-state index contributed by atoms with van der Waals surface area (Å²) < 4.78 is 4.98. The van der Waals surface area contributed by atoms with Gasteiger partial charge in [-0.1, -0.05) is 41.9 Å². The lowest BCUT2D eigenvalue weighted by Crippen LogP contribution is -2.39. The summed E-state index contributed by atoms with van der Waals surface area (Å²) in [5.74, 6) is -0.621. The van der Waals surface area contributed by atoms with Gasteiger partial charge in [0.25, 0.3) is 0 Å². The number of carbonyl (C=O) groups excluding carboxylic acids is 1. The zero-order valence-corrected chi connectivity index (χ0v) is 14.6. The smallest absolute Gasteiger partial charge is 0.337 e. The zero-order chi connectivity index (χ0) is 17.6. The average Bonchev–Trinajstić information content (AvgIpc) is 2.57. The number of hydrogen-bond donors (Lipinski definition) is 2. The third kappa shape index (κ3) is 4.98. The minimum Gasteiger partial charge on any atom is -0.464 e. The summed E-state index contributed by atoms with van der Waals surface area (Å²) in [5, 5.41) is 14.5. The number of esters is 1. The van der Waals surface area contributed by atoms with Crippen molar-refractivity contribution in [2.45, 2.75) is 31.9 Å². The summed E-state index contributed by atoms with van der Waals surface area (Å²) in [4.78, 5) is 12.0. The molecule has 2 N–H and O–H groups in total. The monoisotopic (exact) mass is 347 g/mol. The first-order valence-corrected chi connectivity index (χ1v) is 8.27. The van der Waals surface area contributed by atoms with Gasteiger partial charge in [0, 0.05) is 17.1 Å². The van der Waals surface area contributed by atoms with Crippen molar-refractivity contribution in [1.82, 2.24) is 0 Å². The highest BCUT2D eigenvalue weighted by atomic mass is 35.5. The van der Waals surface area contributed by atoms with Crippen molar-refractivity contribution in [3.8, 4) is 0 Å². The second-order valence-corrected chi connectivity index (χ2v) is 6.25. The molecule has 0 amide bonds. The van der Waals surface area contributed by atoms with E-state index < -0.39 is 11.6 Å². The van der Waals surface area contributed by atoms with Gasteiger partial charge in [0.05, 0.1) is 12.6 Å². The summed E-state index contributed by atoms with van der Waals surface area (Å²) in [6.45, 7) is 3.43. The first-order valence-electron chi connectivity index (χ1n) is 7.89. The lowest BCUT2D eigenvalue weighted by molar-refractivity contribution is -0.164. The minimum absolute atomic E-state index is 0.179. The maximum absolute atomic E-state index is 12.0. The van der Waals surface area contributed by atoms with E-state index in [9.17, 15) is 9.90 Å². The Labute approximate surface area is 147 Å². The van der Waals surface area contributed by atoms with Crippen LogP contribution >= 0.6 is 11.6 Å². The largest absolute Gasteiger partial charge is 0.464 e. The quantitative estimate of drug-likeness (QED) is 0.737. The molecule has 2 aromatic rings. The number of rotatable bonds is 7. The van der Waals surface area contributed by atoms with Gasteiger partial charge in [-0.3, -0.25) is 0 Å². The Morgan fingerprint density at radius 2 is 1.83 bits per heavy atom. The van der Waals surface area contributed by atoms with Crippen molar-refractivity contribution in [2.75, 3.05) is 11.9 Å². The van der Waals surface area contributed by atoms with Gasteiger partial charge in [-0.15, -0.1) is 0 Å². The third-order valence-electron chi connectivity index (χ3n) is 3.70. The molecular formula is C19H22ClNO3. The van der Waals surface area contributed by atoms with Crippen LogP contribution in [0.4, 0.5) is 5.69 Å². The molecule has 128 valence electrons. The van der Waals surface area contributed by atoms with Crippen LogP contribution in [0.3, 0.4) is 0 Å². The predicted octanol–water partition coefficient (Wildman–Crippen LogP) is 4.20. The SMILES string of the molecule is CCOC(=O)C(C)(O)CC(Nc1ccc(Cl)cc1)c1ccccc1. The second kappa shape index (κ2) is 8.18. The van der Waals surface area contributed by atoms with E-state index in [-0.39, 0.29) is 19.1 Å². The van der Waals surface area contributed by atoms with E-state index in [4.69, 9.17) is 16.3 Å². The number of hydrogen-bond acceptors (Lipinski definition) is 4. The van der Waals surface area contributed by atoms with Crippen LogP contribution in [-0.2, 0) is 9.53 Å². The maximum atomic E-state index is 12.0. The van der Waals surface area contributed by atoms with Crippen LogP contribution in [0.2, 0.25) is 5.02 Å². The molecule has 4 nitrogen and oxygen atoms in total. The van der Waals surface area contributed by atoms with E-state index in [0.29, 0.717) is 5.02 Å². The molecule has 0 aliphatic carbocycles. The number of halogens is 1. The van der Waals surface area contributed by atoms with Gasteiger partial charge in [0.1, 0.15) is 0 Å². The van der Waals surface area contributed by atoms with Crippen LogP contribution in [0.5, 0.6) is 0 Å². The van der Waals surface area contributed by atoms with Crippen LogP contribution < -0.4 is 5.32 Å². The van der Waals surface area contributed by atoms with Crippen molar-refractivity contribution in [3.63, 3.8) is 0 Å². The number of benzene rings is 2. The molecule has 2 atom stereocenters. The fourth-order valence-corrected chi connectivity index (χ4v) is 2.58. The number of carbonyl (C=O) groups is 1. The summed E-state index contributed by atoms with van der Waals surface area (Å²) in [7, 11) is 0. The fourth-order valence-electron chi connectivity index (χ4n) is 2.45. The van der Waals surface area contributed by atoms with Gasteiger partial charge < -0.3 is 15.2 Å². The summed E-state index contributed by atoms with van der Waals surface area (Å²) in [5.41, 5.74) is 0.237. The molecule has 0 radical (unpaired) electrons. The van der Waals surface area contributed by atoms with Gasteiger partial charge in [0.15, 0.2) is 5.60 Å². The molecule has 0 aromatic heterocycles. The van der Waals surface area contributed by atoms with E-state index in [1.807, 2.05) is 42.5 Å². The molecule has 0 saturated carbocycles. The van der Waals surface area contributed by atoms with E-state index >= 15 is 0 Å². The highest BCUT2D eigenvalue weighted by Gasteiger charge is 2.35. The average molecular weight is 348 g/mol. The molecule has 2 aromatic carbocycles. The molecule has 0 aliphatic heterocycles. The molecule has 0 fully saturated rings. The summed E-state index contributed by atoms with van der Waals surface area (Å²) in [6.07, 6.45) is 0.179. The van der Waals surface area contributed by atoms with Crippen molar-refractivity contribution in [3.05, 3.63) is 65.2 Å². The predicted molar refractivity (Wildman–Crippen MR) is 96.1 cm³/mol. The van der Waals surface area contributed by atoms with Crippen molar-refractivity contribution < 1.29 is 14.6 Å². The Hall–Kier alpha value is -2.04. The van der Waals surface area contributed by atoms with Crippen LogP contribution in [0, 0.1) is 0 Å². The third-order valence-corrected chi connectivity index (χ3v) is 3.96. The normalized spacial score (nSPS) is 14.5. The number of anilines is 1. The molecule has 0 heterocycles. The molecule has 5 heteroatoms. The van der Waals surface area contributed by atoms with E-state index in [1.165, 1.54) is 6.92 Å². The Balaban J connectivity index is 2.23. The first kappa shape index (κ1) is 18.3. The zero-order valence-electron chi connectivity index (χ0n) is 13.8. The van der Waals surface area contributed by atoms with E-state index in [1.54, 1.807) is 19.1 Å². The number of ether oxygens (including phenoxy) is 1. The standard InChI is InChI=1S/C19H22ClNO3/c1-3-24-18(22)19(2,23)13-17(14-7-5-4-6-8-14)21-16-11-9-15(20)10-12-16/h4-12,17,21,23H,3,13H2,1-2H3.